The summed E-state index contributed by atoms with van der Waals surface area (Å²) in [4.78, 5) is 1.28. The second kappa shape index (κ2) is 6.36. The number of hydrogen-bond acceptors (Lipinski definition) is 3. The van der Waals surface area contributed by atoms with Crippen molar-refractivity contribution >= 4 is 27.3 Å². The zero-order valence-electron chi connectivity index (χ0n) is 10.2. The van der Waals surface area contributed by atoms with Crippen LogP contribution in [0.5, 0.6) is 5.75 Å². The van der Waals surface area contributed by atoms with E-state index >= 15 is 0 Å². The molecule has 2 aromatic rings. The van der Waals surface area contributed by atoms with Gasteiger partial charge >= 0.3 is 0 Å². The van der Waals surface area contributed by atoms with Crippen molar-refractivity contribution in [3.05, 3.63) is 50.6 Å². The molecule has 2 rings (SSSR count). The monoisotopic (exact) mass is 325 g/mol. The molecule has 0 spiro atoms. The van der Waals surface area contributed by atoms with Crippen LogP contribution in [0.4, 0.5) is 0 Å². The zero-order valence-corrected chi connectivity index (χ0v) is 12.6. The van der Waals surface area contributed by atoms with Crippen molar-refractivity contribution in [2.24, 2.45) is 5.73 Å². The van der Waals surface area contributed by atoms with Crippen LogP contribution in [0.15, 0.2) is 40.2 Å². The Morgan fingerprint density at radius 1 is 1.39 bits per heavy atom. The third kappa shape index (κ3) is 3.34. The molecule has 0 aliphatic rings. The molecule has 0 aliphatic heterocycles. The van der Waals surface area contributed by atoms with E-state index < -0.39 is 0 Å². The van der Waals surface area contributed by atoms with E-state index in [0.717, 1.165) is 22.2 Å². The number of para-hydroxylation sites is 1. The molecule has 1 heterocycles. The number of halogens is 1. The van der Waals surface area contributed by atoms with Gasteiger partial charge in [-0.1, -0.05) is 18.2 Å². The first-order valence-corrected chi connectivity index (χ1v) is 7.58. The molecule has 0 bridgehead atoms. The molecule has 0 fully saturated rings. The largest absolute Gasteiger partial charge is 0.494 e. The first-order chi connectivity index (χ1) is 8.70. The fourth-order valence-corrected chi connectivity index (χ4v) is 3.37. The summed E-state index contributed by atoms with van der Waals surface area (Å²) in [5.41, 5.74) is 7.35. The summed E-state index contributed by atoms with van der Waals surface area (Å²) >= 11 is 5.19. The molecular formula is C14H16BrNOS. The lowest BCUT2D eigenvalue weighted by molar-refractivity contribution is 0.334. The lowest BCUT2D eigenvalue weighted by atomic mass is 10.0. The van der Waals surface area contributed by atoms with Gasteiger partial charge in [-0.15, -0.1) is 11.3 Å². The molecule has 1 aromatic heterocycles. The van der Waals surface area contributed by atoms with Gasteiger partial charge in [-0.2, -0.15) is 0 Å². The van der Waals surface area contributed by atoms with Gasteiger partial charge in [-0.3, -0.25) is 0 Å². The Morgan fingerprint density at radius 3 is 2.83 bits per heavy atom. The van der Waals surface area contributed by atoms with Crippen LogP contribution in [0.2, 0.25) is 0 Å². The SMILES string of the molecule is CCOc1ccccc1C(N)Cc1cc(Br)cs1. The first kappa shape index (κ1) is 13.6. The van der Waals surface area contributed by atoms with Gasteiger partial charge in [0.2, 0.25) is 0 Å². The predicted molar refractivity (Wildman–Crippen MR) is 80.3 cm³/mol. The smallest absolute Gasteiger partial charge is 0.124 e. The van der Waals surface area contributed by atoms with Crippen LogP contribution >= 0.6 is 27.3 Å². The normalized spacial score (nSPS) is 12.4. The van der Waals surface area contributed by atoms with Gasteiger partial charge in [0.1, 0.15) is 5.75 Å². The molecule has 2 nitrogen and oxygen atoms in total. The van der Waals surface area contributed by atoms with Gasteiger partial charge in [-0.05, 0) is 35.0 Å². The zero-order chi connectivity index (χ0) is 13.0. The Hall–Kier alpha value is -0.840. The molecule has 0 aliphatic carbocycles. The van der Waals surface area contributed by atoms with Crippen LogP contribution in [-0.2, 0) is 6.42 Å². The molecule has 1 unspecified atom stereocenters. The molecule has 2 N–H and O–H groups in total. The number of ether oxygens (including phenoxy) is 1. The Labute approximate surface area is 120 Å². The van der Waals surface area contributed by atoms with Crippen LogP contribution in [0.3, 0.4) is 0 Å². The number of nitrogens with two attached hydrogens (primary N) is 1. The van der Waals surface area contributed by atoms with Crippen molar-refractivity contribution in [2.45, 2.75) is 19.4 Å². The molecule has 0 saturated heterocycles. The fraction of sp³-hybridized carbons (Fsp3) is 0.286. The van der Waals surface area contributed by atoms with Gasteiger partial charge < -0.3 is 10.5 Å². The van der Waals surface area contributed by atoms with E-state index in [2.05, 4.69) is 27.4 Å². The van der Waals surface area contributed by atoms with E-state index in [0.29, 0.717) is 6.61 Å². The highest BCUT2D eigenvalue weighted by Crippen LogP contribution is 2.29. The van der Waals surface area contributed by atoms with Gasteiger partial charge in [0, 0.05) is 32.8 Å². The van der Waals surface area contributed by atoms with Gasteiger partial charge in [0.05, 0.1) is 6.61 Å². The van der Waals surface area contributed by atoms with Crippen molar-refractivity contribution in [1.82, 2.24) is 0 Å². The minimum absolute atomic E-state index is 0.0294. The second-order valence-electron chi connectivity index (χ2n) is 4.01. The highest BCUT2D eigenvalue weighted by atomic mass is 79.9. The fourth-order valence-electron chi connectivity index (χ4n) is 1.86. The third-order valence-corrected chi connectivity index (χ3v) is 4.38. The maximum Gasteiger partial charge on any atom is 0.124 e. The summed E-state index contributed by atoms with van der Waals surface area (Å²) in [6.07, 6.45) is 0.834. The van der Waals surface area contributed by atoms with E-state index in [9.17, 15) is 0 Å². The van der Waals surface area contributed by atoms with Crippen LogP contribution in [0, 0.1) is 0 Å². The Bertz CT molecular complexity index is 512. The Balaban J connectivity index is 2.15. The van der Waals surface area contributed by atoms with Crippen molar-refractivity contribution in [3.8, 4) is 5.75 Å². The predicted octanol–water partition coefficient (Wildman–Crippen LogP) is 4.15. The average Bonchev–Trinajstić information content (AvgIpc) is 2.76. The highest BCUT2D eigenvalue weighted by molar-refractivity contribution is 9.10. The molecule has 0 radical (unpaired) electrons. The summed E-state index contributed by atoms with van der Waals surface area (Å²) in [7, 11) is 0. The summed E-state index contributed by atoms with van der Waals surface area (Å²) in [5, 5.41) is 2.08. The molecule has 18 heavy (non-hydrogen) atoms. The van der Waals surface area contributed by atoms with Crippen molar-refractivity contribution in [3.63, 3.8) is 0 Å². The number of benzene rings is 1. The van der Waals surface area contributed by atoms with E-state index in [1.807, 2.05) is 31.2 Å². The Kier molecular flexibility index (Phi) is 4.80. The average molecular weight is 326 g/mol. The molecule has 0 saturated carbocycles. The molecule has 4 heteroatoms. The quantitative estimate of drug-likeness (QED) is 0.896. The lowest BCUT2D eigenvalue weighted by Gasteiger charge is -2.15. The maximum atomic E-state index is 6.28. The first-order valence-electron chi connectivity index (χ1n) is 5.91. The summed E-state index contributed by atoms with van der Waals surface area (Å²) in [6, 6.07) is 10.1. The van der Waals surface area contributed by atoms with E-state index in [-0.39, 0.29) is 6.04 Å². The van der Waals surface area contributed by atoms with E-state index in [1.54, 1.807) is 11.3 Å². The minimum Gasteiger partial charge on any atom is -0.494 e. The molecule has 1 aromatic carbocycles. The summed E-state index contributed by atoms with van der Waals surface area (Å²) in [6.45, 7) is 2.65. The van der Waals surface area contributed by atoms with Crippen molar-refractivity contribution in [1.29, 1.82) is 0 Å². The maximum absolute atomic E-state index is 6.28. The van der Waals surface area contributed by atoms with Crippen LogP contribution in [-0.4, -0.2) is 6.61 Å². The third-order valence-electron chi connectivity index (χ3n) is 2.66. The van der Waals surface area contributed by atoms with Crippen LogP contribution < -0.4 is 10.5 Å². The van der Waals surface area contributed by atoms with Crippen molar-refractivity contribution in [2.75, 3.05) is 6.61 Å². The van der Waals surface area contributed by atoms with E-state index in [4.69, 9.17) is 10.5 Å². The highest BCUT2D eigenvalue weighted by Gasteiger charge is 2.13. The number of rotatable bonds is 5. The van der Waals surface area contributed by atoms with Crippen LogP contribution in [0.25, 0.3) is 0 Å². The minimum atomic E-state index is -0.0294. The topological polar surface area (TPSA) is 35.2 Å². The number of hydrogen-bond donors (Lipinski definition) is 1. The molecule has 0 amide bonds. The van der Waals surface area contributed by atoms with Crippen molar-refractivity contribution < 1.29 is 4.74 Å². The second-order valence-corrected chi connectivity index (χ2v) is 5.92. The van der Waals surface area contributed by atoms with Gasteiger partial charge in [0.15, 0.2) is 0 Å². The Morgan fingerprint density at radius 2 is 2.17 bits per heavy atom. The number of thiophene rings is 1. The molecule has 96 valence electrons. The summed E-state index contributed by atoms with van der Waals surface area (Å²) in [5.74, 6) is 0.892. The lowest BCUT2D eigenvalue weighted by Crippen LogP contribution is -2.14. The molecule has 1 atom stereocenters. The standard InChI is InChI=1S/C14H16BrNOS/c1-2-17-14-6-4-3-5-12(14)13(16)8-11-7-10(15)9-18-11/h3-7,9,13H,2,8,16H2,1H3. The van der Waals surface area contributed by atoms with Gasteiger partial charge in [0.25, 0.3) is 0 Å². The molecular weight excluding hydrogens is 310 g/mol. The van der Waals surface area contributed by atoms with Crippen LogP contribution in [0.1, 0.15) is 23.4 Å². The summed E-state index contributed by atoms with van der Waals surface area (Å²) < 4.78 is 6.73. The van der Waals surface area contributed by atoms with E-state index in [1.165, 1.54) is 4.88 Å². The van der Waals surface area contributed by atoms with Gasteiger partial charge in [-0.25, -0.2) is 0 Å².